The summed E-state index contributed by atoms with van der Waals surface area (Å²) in [6, 6.07) is 5.73. The van der Waals surface area contributed by atoms with Crippen molar-refractivity contribution < 1.29 is 18.7 Å². The molecule has 0 bridgehead atoms. The molecule has 2 N–H and O–H groups in total. The minimum Gasteiger partial charge on any atom is -0.493 e. The Bertz CT molecular complexity index is 881. The standard InChI is InChI=1S/C21H27FN4O3/c1-3-26-12-18(15(2)24-26)20(28)25-10-4-9-21(13-25,11-19(23)27)14-29-17-7-5-16(22)6-8-17/h5-8,12H,3-4,9-11,13-14H2,1-2H3,(H2,23,27)/t21-/m0/s1. The average molecular weight is 402 g/mol. The number of amides is 2. The number of benzene rings is 1. The van der Waals surface area contributed by atoms with Gasteiger partial charge in [-0.15, -0.1) is 0 Å². The number of hydrogen-bond acceptors (Lipinski definition) is 4. The molecule has 1 saturated heterocycles. The molecule has 0 unspecified atom stereocenters. The molecule has 1 aliphatic heterocycles. The molecule has 0 spiro atoms. The summed E-state index contributed by atoms with van der Waals surface area (Å²) >= 11 is 0. The molecular formula is C21H27FN4O3. The van der Waals surface area contributed by atoms with Crippen molar-refractivity contribution in [1.29, 1.82) is 0 Å². The lowest BCUT2D eigenvalue weighted by molar-refractivity contribution is -0.122. The van der Waals surface area contributed by atoms with E-state index in [2.05, 4.69) is 5.10 Å². The van der Waals surface area contributed by atoms with Gasteiger partial charge in [0.2, 0.25) is 5.91 Å². The lowest BCUT2D eigenvalue weighted by Crippen LogP contribution is -2.50. The van der Waals surface area contributed by atoms with E-state index in [0.717, 1.165) is 6.42 Å². The Morgan fingerprint density at radius 2 is 2.03 bits per heavy atom. The van der Waals surface area contributed by atoms with Gasteiger partial charge in [-0.1, -0.05) is 0 Å². The second-order valence-corrected chi connectivity index (χ2v) is 7.70. The van der Waals surface area contributed by atoms with Crippen molar-refractivity contribution in [2.45, 2.75) is 39.7 Å². The highest BCUT2D eigenvalue weighted by atomic mass is 19.1. The third-order valence-electron chi connectivity index (χ3n) is 5.36. The number of rotatable bonds is 7. The normalized spacial score (nSPS) is 19.2. The summed E-state index contributed by atoms with van der Waals surface area (Å²) in [4.78, 5) is 26.6. The number of primary amides is 1. The molecule has 1 atom stereocenters. The van der Waals surface area contributed by atoms with Crippen LogP contribution < -0.4 is 10.5 Å². The maximum Gasteiger partial charge on any atom is 0.257 e. The molecule has 0 radical (unpaired) electrons. The monoisotopic (exact) mass is 402 g/mol. The van der Waals surface area contributed by atoms with E-state index in [1.54, 1.807) is 27.9 Å². The number of aromatic nitrogens is 2. The first kappa shape index (κ1) is 20.8. The van der Waals surface area contributed by atoms with Crippen LogP contribution in [0.1, 0.15) is 42.2 Å². The maximum absolute atomic E-state index is 13.1. The second-order valence-electron chi connectivity index (χ2n) is 7.70. The van der Waals surface area contributed by atoms with Gasteiger partial charge in [0.1, 0.15) is 11.6 Å². The van der Waals surface area contributed by atoms with Gasteiger partial charge in [0.15, 0.2) is 0 Å². The first-order valence-corrected chi connectivity index (χ1v) is 9.82. The zero-order valence-corrected chi connectivity index (χ0v) is 16.9. The quantitative estimate of drug-likeness (QED) is 0.771. The Balaban J connectivity index is 1.77. The molecule has 1 fully saturated rings. The van der Waals surface area contributed by atoms with Crippen LogP contribution in [0.15, 0.2) is 30.5 Å². The smallest absolute Gasteiger partial charge is 0.257 e. The molecule has 0 saturated carbocycles. The van der Waals surface area contributed by atoms with Gasteiger partial charge in [-0.3, -0.25) is 14.3 Å². The van der Waals surface area contributed by atoms with Crippen LogP contribution in [0.5, 0.6) is 5.75 Å². The number of piperidine rings is 1. The lowest BCUT2D eigenvalue weighted by atomic mass is 9.77. The number of ether oxygens (including phenoxy) is 1. The Hall–Kier alpha value is -2.90. The summed E-state index contributed by atoms with van der Waals surface area (Å²) in [5.74, 6) is -0.366. The fraction of sp³-hybridized carbons (Fsp3) is 0.476. The first-order chi connectivity index (χ1) is 13.8. The maximum atomic E-state index is 13.1. The summed E-state index contributed by atoms with van der Waals surface area (Å²) in [6.45, 7) is 5.66. The first-order valence-electron chi connectivity index (χ1n) is 9.82. The molecule has 156 valence electrons. The molecule has 1 aromatic carbocycles. The number of nitrogens with two attached hydrogens (primary N) is 1. The molecule has 1 aromatic heterocycles. The zero-order chi connectivity index (χ0) is 21.0. The highest BCUT2D eigenvalue weighted by molar-refractivity contribution is 5.95. The van der Waals surface area contributed by atoms with Gasteiger partial charge in [0.05, 0.1) is 17.9 Å². The van der Waals surface area contributed by atoms with Crippen LogP contribution in [0.3, 0.4) is 0 Å². The number of aryl methyl sites for hydroxylation is 2. The minimum atomic E-state index is -0.581. The van der Waals surface area contributed by atoms with Gasteiger partial charge in [-0.05, 0) is 51.0 Å². The molecule has 8 heteroatoms. The van der Waals surface area contributed by atoms with Crippen LogP contribution in [-0.2, 0) is 11.3 Å². The lowest BCUT2D eigenvalue weighted by Gasteiger charge is -2.42. The number of carbonyl (C=O) groups is 2. The van der Waals surface area contributed by atoms with Crippen LogP contribution in [0.25, 0.3) is 0 Å². The third kappa shape index (κ3) is 4.93. The zero-order valence-electron chi connectivity index (χ0n) is 16.9. The van der Waals surface area contributed by atoms with E-state index in [1.165, 1.54) is 12.1 Å². The minimum absolute atomic E-state index is 0.0995. The van der Waals surface area contributed by atoms with Gasteiger partial charge < -0.3 is 15.4 Å². The van der Waals surface area contributed by atoms with E-state index >= 15 is 0 Å². The second kappa shape index (κ2) is 8.63. The van der Waals surface area contributed by atoms with E-state index < -0.39 is 11.3 Å². The van der Waals surface area contributed by atoms with Crippen molar-refractivity contribution in [3.63, 3.8) is 0 Å². The van der Waals surface area contributed by atoms with Gasteiger partial charge in [-0.2, -0.15) is 5.10 Å². The summed E-state index contributed by atoms with van der Waals surface area (Å²) in [7, 11) is 0. The fourth-order valence-electron chi connectivity index (χ4n) is 3.89. The highest BCUT2D eigenvalue weighted by Gasteiger charge is 2.40. The predicted molar refractivity (Wildman–Crippen MR) is 106 cm³/mol. The van der Waals surface area contributed by atoms with Crippen LogP contribution in [0.2, 0.25) is 0 Å². The molecule has 29 heavy (non-hydrogen) atoms. The number of likely N-dealkylation sites (tertiary alicyclic amines) is 1. The van der Waals surface area contributed by atoms with E-state index in [-0.39, 0.29) is 24.8 Å². The molecule has 1 aliphatic rings. The van der Waals surface area contributed by atoms with Crippen LogP contribution in [0.4, 0.5) is 4.39 Å². The molecule has 2 amide bonds. The van der Waals surface area contributed by atoms with Crippen LogP contribution in [0, 0.1) is 18.2 Å². The van der Waals surface area contributed by atoms with Crippen molar-refractivity contribution in [3.8, 4) is 5.75 Å². The number of hydrogen-bond donors (Lipinski definition) is 1. The Morgan fingerprint density at radius 3 is 2.66 bits per heavy atom. The van der Waals surface area contributed by atoms with Gasteiger partial charge in [-0.25, -0.2) is 4.39 Å². The summed E-state index contributed by atoms with van der Waals surface area (Å²) in [6.07, 6.45) is 3.34. The van der Waals surface area contributed by atoms with Crippen molar-refractivity contribution in [2.75, 3.05) is 19.7 Å². The van der Waals surface area contributed by atoms with Crippen molar-refractivity contribution in [1.82, 2.24) is 14.7 Å². The van der Waals surface area contributed by atoms with Gasteiger partial charge in [0.25, 0.3) is 5.91 Å². The largest absolute Gasteiger partial charge is 0.493 e. The topological polar surface area (TPSA) is 90.5 Å². The van der Waals surface area contributed by atoms with E-state index in [9.17, 15) is 14.0 Å². The summed E-state index contributed by atoms with van der Waals surface area (Å²) < 4.78 is 20.7. The molecule has 3 rings (SSSR count). The third-order valence-corrected chi connectivity index (χ3v) is 5.36. The Labute approximate surface area is 169 Å². The van der Waals surface area contributed by atoms with E-state index in [4.69, 9.17) is 10.5 Å². The summed E-state index contributed by atoms with van der Waals surface area (Å²) in [5, 5.41) is 4.35. The van der Waals surface area contributed by atoms with Crippen LogP contribution in [-0.4, -0.2) is 46.2 Å². The van der Waals surface area contributed by atoms with Crippen molar-refractivity contribution in [3.05, 3.63) is 47.5 Å². The molecule has 0 aliphatic carbocycles. The van der Waals surface area contributed by atoms with E-state index in [0.29, 0.717) is 43.1 Å². The number of nitrogens with zero attached hydrogens (tertiary/aromatic N) is 3. The fourth-order valence-corrected chi connectivity index (χ4v) is 3.89. The Kier molecular flexibility index (Phi) is 6.20. The van der Waals surface area contributed by atoms with Crippen molar-refractivity contribution in [2.24, 2.45) is 11.1 Å². The van der Waals surface area contributed by atoms with E-state index in [1.807, 2.05) is 13.8 Å². The molecule has 7 nitrogen and oxygen atoms in total. The molecule has 2 aromatic rings. The van der Waals surface area contributed by atoms with Crippen molar-refractivity contribution >= 4 is 11.8 Å². The van der Waals surface area contributed by atoms with Gasteiger partial charge in [0, 0.05) is 37.7 Å². The number of halogens is 1. The average Bonchev–Trinajstić information content (AvgIpc) is 3.07. The molecular weight excluding hydrogens is 375 g/mol. The van der Waals surface area contributed by atoms with Gasteiger partial charge >= 0.3 is 0 Å². The predicted octanol–water partition coefficient (Wildman–Crippen LogP) is 2.53. The Morgan fingerprint density at radius 1 is 1.31 bits per heavy atom. The molecule has 2 heterocycles. The van der Waals surface area contributed by atoms with Crippen LogP contribution >= 0.6 is 0 Å². The highest BCUT2D eigenvalue weighted by Crippen LogP contribution is 2.35. The number of carbonyl (C=O) groups excluding carboxylic acids is 2. The summed E-state index contributed by atoms with van der Waals surface area (Å²) in [5.41, 5.74) is 6.19. The SMILES string of the molecule is CCn1cc(C(=O)N2CCC[C@](COc3ccc(F)cc3)(CC(N)=O)C2)c(C)n1.